The van der Waals surface area contributed by atoms with Gasteiger partial charge < -0.3 is 4.43 Å². The molecule has 0 saturated heterocycles. The molecule has 3 heteroatoms. The lowest BCUT2D eigenvalue weighted by molar-refractivity contribution is -0.129. The van der Waals surface area contributed by atoms with Crippen LogP contribution in [-0.4, -0.2) is 16.5 Å². The van der Waals surface area contributed by atoms with E-state index in [0.717, 1.165) is 6.42 Å². The zero-order valence-corrected chi connectivity index (χ0v) is 8.10. The van der Waals surface area contributed by atoms with Crippen LogP contribution in [0.25, 0.3) is 0 Å². The summed E-state index contributed by atoms with van der Waals surface area (Å²) in [4.78, 5) is 10.6. The van der Waals surface area contributed by atoms with Crippen molar-refractivity contribution in [3.63, 3.8) is 0 Å². The molecule has 2 nitrogen and oxygen atoms in total. The van der Waals surface area contributed by atoms with Crippen molar-refractivity contribution in [1.29, 1.82) is 0 Å². The largest absolute Gasteiger partial charge is 0.526 e. The van der Waals surface area contributed by atoms with E-state index in [4.69, 9.17) is 0 Å². The number of carbonyl (C=O) groups excluding carboxylic acids is 1. The third-order valence-corrected chi connectivity index (χ3v) is 1.39. The first-order valence-electron chi connectivity index (χ1n) is 2.97. The maximum Gasteiger partial charge on any atom is 0.319 e. The summed E-state index contributed by atoms with van der Waals surface area (Å²) < 4.78 is 4.60. The van der Waals surface area contributed by atoms with Gasteiger partial charge >= 0.3 is 5.97 Å². The Bertz CT molecular complexity index is 129. The highest BCUT2D eigenvalue weighted by atomic mass is 28.2. The maximum atomic E-state index is 10.6. The van der Waals surface area contributed by atoms with E-state index < -0.39 is 0 Å². The molecule has 0 spiro atoms. The van der Waals surface area contributed by atoms with Crippen molar-refractivity contribution in [2.24, 2.45) is 0 Å². The van der Waals surface area contributed by atoms with E-state index in [2.05, 4.69) is 4.43 Å². The SMILES string of the molecule is CCC=C(C)C(=O)O[SiH3]. The molecule has 0 aliphatic carbocycles. The minimum absolute atomic E-state index is 0.177. The Labute approximate surface area is 58.4 Å². The van der Waals surface area contributed by atoms with Gasteiger partial charge in [-0.05, 0) is 13.3 Å². The molecule has 0 aromatic carbocycles. The Hall–Kier alpha value is -0.573. The summed E-state index contributed by atoms with van der Waals surface area (Å²) >= 11 is 0. The Balaban J connectivity index is 3.86. The molecule has 9 heavy (non-hydrogen) atoms. The molecule has 0 rings (SSSR count). The summed E-state index contributed by atoms with van der Waals surface area (Å²) in [6.07, 6.45) is 2.75. The summed E-state index contributed by atoms with van der Waals surface area (Å²) in [5, 5.41) is 0. The molecule has 0 N–H and O–H groups in total. The van der Waals surface area contributed by atoms with Crippen molar-refractivity contribution in [1.82, 2.24) is 0 Å². The molecule has 0 amide bonds. The average molecular weight is 144 g/mol. The molecule has 0 fully saturated rings. The second-order valence-corrected chi connectivity index (χ2v) is 2.20. The van der Waals surface area contributed by atoms with Crippen LogP contribution in [0.1, 0.15) is 20.3 Å². The lowest BCUT2D eigenvalue weighted by Crippen LogP contribution is -2.01. The van der Waals surface area contributed by atoms with Gasteiger partial charge in [-0.1, -0.05) is 13.0 Å². The van der Waals surface area contributed by atoms with Crippen molar-refractivity contribution >= 4 is 16.5 Å². The van der Waals surface area contributed by atoms with Crippen molar-refractivity contribution in [2.75, 3.05) is 0 Å². The van der Waals surface area contributed by atoms with Crippen LogP contribution in [0, 0.1) is 0 Å². The first-order valence-corrected chi connectivity index (χ1v) is 3.79. The monoisotopic (exact) mass is 144 g/mol. The van der Waals surface area contributed by atoms with E-state index in [1.165, 1.54) is 0 Å². The van der Waals surface area contributed by atoms with Crippen LogP contribution in [0.5, 0.6) is 0 Å². The van der Waals surface area contributed by atoms with Gasteiger partial charge in [-0.25, -0.2) is 4.79 Å². The van der Waals surface area contributed by atoms with E-state index in [1.807, 2.05) is 13.0 Å². The lowest BCUT2D eigenvalue weighted by Gasteiger charge is -1.96. The standard InChI is InChI=1S/C6H12O2Si/c1-3-4-5(2)6(7)8-9/h4H,3H2,1-2,9H3. The van der Waals surface area contributed by atoms with E-state index in [0.29, 0.717) is 16.1 Å². The van der Waals surface area contributed by atoms with E-state index in [1.54, 1.807) is 6.92 Å². The quantitative estimate of drug-likeness (QED) is 0.408. The van der Waals surface area contributed by atoms with Crippen LogP contribution in [0.4, 0.5) is 0 Å². The average Bonchev–Trinajstić information content (AvgIpc) is 1.87. The fraction of sp³-hybridized carbons (Fsp3) is 0.500. The summed E-state index contributed by atoms with van der Waals surface area (Å²) in [6, 6.07) is 0. The van der Waals surface area contributed by atoms with Crippen LogP contribution in [0.15, 0.2) is 11.6 Å². The Kier molecular flexibility index (Phi) is 4.04. The van der Waals surface area contributed by atoms with Gasteiger partial charge in [-0.15, -0.1) is 0 Å². The van der Waals surface area contributed by atoms with Crippen molar-refractivity contribution in [2.45, 2.75) is 20.3 Å². The zero-order chi connectivity index (χ0) is 7.28. The van der Waals surface area contributed by atoms with Crippen LogP contribution >= 0.6 is 0 Å². The first-order chi connectivity index (χ1) is 4.22. The normalized spacial score (nSPS) is 11.6. The molecular formula is C6H12O2Si. The minimum atomic E-state index is -0.177. The van der Waals surface area contributed by atoms with Gasteiger partial charge in [0.2, 0.25) is 10.5 Å². The molecule has 0 atom stereocenters. The summed E-state index contributed by atoms with van der Waals surface area (Å²) in [5.74, 6) is -0.177. The van der Waals surface area contributed by atoms with Crippen molar-refractivity contribution in [3.8, 4) is 0 Å². The lowest BCUT2D eigenvalue weighted by atomic mass is 10.2. The molecule has 0 unspecified atom stereocenters. The van der Waals surface area contributed by atoms with Crippen molar-refractivity contribution in [3.05, 3.63) is 11.6 Å². The highest BCUT2D eigenvalue weighted by Gasteiger charge is 1.98. The van der Waals surface area contributed by atoms with Gasteiger partial charge in [0.25, 0.3) is 0 Å². The zero-order valence-electron chi connectivity index (χ0n) is 6.10. The van der Waals surface area contributed by atoms with Gasteiger partial charge in [0.15, 0.2) is 0 Å². The predicted molar refractivity (Wildman–Crippen MR) is 40.1 cm³/mol. The van der Waals surface area contributed by atoms with Gasteiger partial charge in [-0.2, -0.15) is 0 Å². The molecule has 0 aromatic rings. The number of hydrogen-bond donors (Lipinski definition) is 0. The molecule has 0 heterocycles. The second-order valence-electron chi connectivity index (χ2n) is 1.79. The fourth-order valence-electron chi connectivity index (χ4n) is 0.551. The first kappa shape index (κ1) is 8.43. The number of rotatable bonds is 2. The Morgan fingerprint density at radius 3 is 2.67 bits per heavy atom. The Morgan fingerprint density at radius 2 is 2.33 bits per heavy atom. The molecule has 0 saturated carbocycles. The van der Waals surface area contributed by atoms with E-state index in [-0.39, 0.29) is 5.97 Å². The van der Waals surface area contributed by atoms with Gasteiger partial charge in [0.05, 0.1) is 0 Å². The molecule has 0 aliphatic rings. The van der Waals surface area contributed by atoms with Crippen LogP contribution in [-0.2, 0) is 9.22 Å². The van der Waals surface area contributed by atoms with Crippen LogP contribution < -0.4 is 0 Å². The third-order valence-electron chi connectivity index (χ3n) is 1.02. The summed E-state index contributed by atoms with van der Waals surface area (Å²) in [5.41, 5.74) is 0.715. The Morgan fingerprint density at radius 1 is 1.78 bits per heavy atom. The van der Waals surface area contributed by atoms with Gasteiger partial charge in [0, 0.05) is 5.57 Å². The molecule has 52 valence electrons. The van der Waals surface area contributed by atoms with Gasteiger partial charge in [-0.3, -0.25) is 0 Å². The van der Waals surface area contributed by atoms with Crippen LogP contribution in [0.2, 0.25) is 0 Å². The molecule has 0 bridgehead atoms. The molecular weight excluding hydrogens is 132 g/mol. The molecule has 0 radical (unpaired) electrons. The summed E-state index contributed by atoms with van der Waals surface area (Å²) in [6.45, 7) is 3.76. The predicted octanol–water partition coefficient (Wildman–Crippen LogP) is 0.166. The van der Waals surface area contributed by atoms with Crippen molar-refractivity contribution < 1.29 is 9.22 Å². The third kappa shape index (κ3) is 3.08. The highest BCUT2D eigenvalue weighted by molar-refractivity contribution is 6.08. The number of allylic oxidation sites excluding steroid dienone is 1. The highest BCUT2D eigenvalue weighted by Crippen LogP contribution is 1.95. The fourth-order valence-corrected chi connectivity index (χ4v) is 0.872. The van der Waals surface area contributed by atoms with E-state index >= 15 is 0 Å². The topological polar surface area (TPSA) is 26.3 Å². The molecule has 0 aliphatic heterocycles. The summed E-state index contributed by atoms with van der Waals surface area (Å²) in [7, 11) is 0.487. The maximum absolute atomic E-state index is 10.6. The second kappa shape index (κ2) is 4.32. The minimum Gasteiger partial charge on any atom is -0.526 e. The number of hydrogen-bond acceptors (Lipinski definition) is 2. The molecule has 0 aromatic heterocycles. The smallest absolute Gasteiger partial charge is 0.319 e. The number of carbonyl (C=O) groups is 1. The van der Waals surface area contributed by atoms with E-state index in [9.17, 15) is 4.79 Å². The van der Waals surface area contributed by atoms with Crippen LogP contribution in [0.3, 0.4) is 0 Å². The van der Waals surface area contributed by atoms with Gasteiger partial charge in [0.1, 0.15) is 0 Å².